The normalized spacial score (nSPS) is 17.2. The third-order valence-electron chi connectivity index (χ3n) is 7.24. The molecule has 0 bridgehead atoms. The number of hydrogen-bond acceptors (Lipinski definition) is 2. The molecule has 1 fully saturated rings. The fourth-order valence-electron chi connectivity index (χ4n) is 4.90. The Morgan fingerprint density at radius 3 is 1.69 bits per heavy atom. The number of ether oxygens (including phenoxy) is 2. The number of rotatable bonds is 12. The summed E-state index contributed by atoms with van der Waals surface area (Å²) in [6.07, 6.45) is 1.98. The number of allylic oxidation sites excluding steroid dienone is 2. The highest BCUT2D eigenvalue weighted by Gasteiger charge is 2.40. The zero-order valence-electron chi connectivity index (χ0n) is 20.2. The van der Waals surface area contributed by atoms with Crippen LogP contribution in [0.1, 0.15) is 44.7 Å². The largest absolute Gasteiger partial charge is 0.376 e. The van der Waals surface area contributed by atoms with Crippen LogP contribution in [0.4, 0.5) is 0 Å². The van der Waals surface area contributed by atoms with E-state index in [1.807, 2.05) is 12.1 Å². The average Bonchev–Trinajstić information content (AvgIpc) is 3.13. The van der Waals surface area contributed by atoms with Crippen LogP contribution in [-0.2, 0) is 22.7 Å². The Morgan fingerprint density at radius 2 is 1.25 bits per heavy atom. The zero-order chi connectivity index (χ0) is 22.9. The molecule has 1 aliphatic carbocycles. The van der Waals surface area contributed by atoms with Crippen molar-refractivity contribution in [3.05, 3.63) is 95.2 Å². The van der Waals surface area contributed by atoms with Gasteiger partial charge in [-0.05, 0) is 24.0 Å². The second-order valence-electron chi connectivity index (χ2n) is 9.51. The Balaban J connectivity index is 1.73. The molecule has 3 rings (SSSR count). The standard InChI is InChI=1S/C29H40O2Si/c1-5-32(6-2,7-3)22-28-19-29(18-25(28)4,23-30-20-26-14-10-8-11-15-26)24-31-21-27-16-12-9-13-17-27/h8-17,22H,4-7,18-21,23-24H2,1-3H3/b28-22+. The van der Waals surface area contributed by atoms with Crippen LogP contribution in [0.2, 0.25) is 18.1 Å². The Morgan fingerprint density at radius 1 is 0.781 bits per heavy atom. The van der Waals surface area contributed by atoms with Crippen molar-refractivity contribution in [2.24, 2.45) is 5.41 Å². The van der Waals surface area contributed by atoms with Crippen molar-refractivity contribution in [1.82, 2.24) is 0 Å². The second-order valence-corrected chi connectivity index (χ2v) is 14.6. The SMILES string of the molecule is C=C1CC(COCc2ccccc2)(COCc2ccccc2)C/C1=C\[Si](CC)(CC)CC. The Bertz CT molecular complexity index is 815. The van der Waals surface area contributed by atoms with Gasteiger partial charge in [0, 0.05) is 5.41 Å². The monoisotopic (exact) mass is 448 g/mol. The molecule has 0 atom stereocenters. The van der Waals surface area contributed by atoms with Gasteiger partial charge in [-0.1, -0.05) is 123 Å². The first-order chi connectivity index (χ1) is 15.5. The van der Waals surface area contributed by atoms with Crippen molar-refractivity contribution in [2.45, 2.75) is 65.0 Å². The van der Waals surface area contributed by atoms with E-state index < -0.39 is 8.07 Å². The molecule has 172 valence electrons. The lowest BCUT2D eigenvalue weighted by atomic mass is 9.87. The fourth-order valence-corrected chi connectivity index (χ4v) is 8.06. The molecular weight excluding hydrogens is 408 g/mol. The molecule has 0 spiro atoms. The molecule has 0 unspecified atom stereocenters. The van der Waals surface area contributed by atoms with E-state index in [4.69, 9.17) is 9.47 Å². The van der Waals surface area contributed by atoms with E-state index in [-0.39, 0.29) is 5.41 Å². The maximum Gasteiger partial charge on any atom is 0.0773 e. The molecule has 0 radical (unpaired) electrons. The quantitative estimate of drug-likeness (QED) is 0.309. The summed E-state index contributed by atoms with van der Waals surface area (Å²) < 4.78 is 12.6. The highest BCUT2D eigenvalue weighted by atomic mass is 28.3. The third kappa shape index (κ3) is 6.54. The van der Waals surface area contributed by atoms with Crippen molar-refractivity contribution in [2.75, 3.05) is 13.2 Å². The number of hydrogen-bond donors (Lipinski definition) is 0. The van der Waals surface area contributed by atoms with Crippen LogP contribution in [-0.4, -0.2) is 21.3 Å². The third-order valence-corrected chi connectivity index (χ3v) is 12.4. The summed E-state index contributed by atoms with van der Waals surface area (Å²) in [6, 6.07) is 24.8. The Hall–Kier alpha value is -1.94. The zero-order valence-corrected chi connectivity index (χ0v) is 21.2. The molecule has 3 heteroatoms. The minimum absolute atomic E-state index is 0.0260. The van der Waals surface area contributed by atoms with Crippen molar-refractivity contribution in [3.8, 4) is 0 Å². The van der Waals surface area contributed by atoms with Crippen molar-refractivity contribution < 1.29 is 9.47 Å². The fraction of sp³-hybridized carbons (Fsp3) is 0.448. The van der Waals surface area contributed by atoms with Crippen LogP contribution >= 0.6 is 0 Å². The first kappa shape index (κ1) is 24.7. The minimum atomic E-state index is -1.36. The minimum Gasteiger partial charge on any atom is -0.376 e. The molecule has 2 nitrogen and oxygen atoms in total. The van der Waals surface area contributed by atoms with Gasteiger partial charge in [-0.15, -0.1) is 0 Å². The molecule has 0 N–H and O–H groups in total. The van der Waals surface area contributed by atoms with Crippen molar-refractivity contribution >= 4 is 8.07 Å². The molecule has 0 saturated heterocycles. The van der Waals surface area contributed by atoms with Crippen LogP contribution in [0.5, 0.6) is 0 Å². The van der Waals surface area contributed by atoms with Crippen LogP contribution in [0.25, 0.3) is 0 Å². The maximum absolute atomic E-state index is 6.28. The van der Waals surface area contributed by atoms with E-state index in [1.165, 1.54) is 40.4 Å². The van der Waals surface area contributed by atoms with Crippen LogP contribution < -0.4 is 0 Å². The van der Waals surface area contributed by atoms with Gasteiger partial charge in [0.1, 0.15) is 0 Å². The van der Waals surface area contributed by atoms with Gasteiger partial charge < -0.3 is 9.47 Å². The van der Waals surface area contributed by atoms with Gasteiger partial charge in [0.05, 0.1) is 34.5 Å². The summed E-state index contributed by atoms with van der Waals surface area (Å²) in [6.45, 7) is 14.3. The summed E-state index contributed by atoms with van der Waals surface area (Å²) in [7, 11) is -1.36. The maximum atomic E-state index is 6.28. The summed E-state index contributed by atoms with van der Waals surface area (Å²) in [5.41, 5.74) is 7.86. The van der Waals surface area contributed by atoms with E-state index in [9.17, 15) is 0 Å². The van der Waals surface area contributed by atoms with E-state index in [2.05, 4.69) is 81.6 Å². The van der Waals surface area contributed by atoms with Gasteiger partial charge in [0.15, 0.2) is 0 Å². The molecule has 0 aliphatic heterocycles. The van der Waals surface area contributed by atoms with Gasteiger partial charge in [-0.25, -0.2) is 0 Å². The average molecular weight is 449 g/mol. The summed E-state index contributed by atoms with van der Waals surface area (Å²) >= 11 is 0. The molecule has 1 aliphatic rings. The highest BCUT2D eigenvalue weighted by molar-refractivity contribution is 6.84. The molecule has 0 amide bonds. The predicted octanol–water partition coefficient (Wildman–Crippen LogP) is 7.73. The second kappa shape index (κ2) is 11.8. The summed E-state index contributed by atoms with van der Waals surface area (Å²) in [5, 5.41) is 0. The van der Waals surface area contributed by atoms with Crippen LogP contribution in [0.3, 0.4) is 0 Å². The summed E-state index contributed by atoms with van der Waals surface area (Å²) in [4.78, 5) is 0. The van der Waals surface area contributed by atoms with Crippen LogP contribution in [0.15, 0.2) is 84.1 Å². The van der Waals surface area contributed by atoms with E-state index in [0.29, 0.717) is 26.4 Å². The van der Waals surface area contributed by atoms with E-state index in [1.54, 1.807) is 0 Å². The van der Waals surface area contributed by atoms with Gasteiger partial charge in [-0.3, -0.25) is 0 Å². The smallest absolute Gasteiger partial charge is 0.0773 e. The lowest BCUT2D eigenvalue weighted by Gasteiger charge is -2.29. The predicted molar refractivity (Wildman–Crippen MR) is 138 cm³/mol. The molecule has 1 saturated carbocycles. The van der Waals surface area contributed by atoms with Crippen LogP contribution in [0, 0.1) is 5.41 Å². The first-order valence-electron chi connectivity index (χ1n) is 12.2. The number of benzene rings is 2. The lowest BCUT2D eigenvalue weighted by molar-refractivity contribution is -0.0262. The van der Waals surface area contributed by atoms with E-state index in [0.717, 1.165) is 12.8 Å². The topological polar surface area (TPSA) is 18.5 Å². The molecule has 0 aromatic heterocycles. The lowest BCUT2D eigenvalue weighted by Crippen LogP contribution is -2.31. The van der Waals surface area contributed by atoms with Gasteiger partial charge in [-0.2, -0.15) is 0 Å². The van der Waals surface area contributed by atoms with Gasteiger partial charge in [0.25, 0.3) is 0 Å². The van der Waals surface area contributed by atoms with Crippen molar-refractivity contribution in [1.29, 1.82) is 0 Å². The summed E-state index contributed by atoms with van der Waals surface area (Å²) in [5.74, 6) is 0. The highest BCUT2D eigenvalue weighted by Crippen LogP contribution is 2.46. The molecule has 32 heavy (non-hydrogen) atoms. The molecule has 0 heterocycles. The first-order valence-corrected chi connectivity index (χ1v) is 14.9. The Kier molecular flexibility index (Phi) is 9.09. The Labute approximate surface area is 196 Å². The van der Waals surface area contributed by atoms with Gasteiger partial charge >= 0.3 is 0 Å². The van der Waals surface area contributed by atoms with Gasteiger partial charge in [0.2, 0.25) is 0 Å². The molecule has 2 aromatic rings. The molecular formula is C29H40O2Si. The molecule has 2 aromatic carbocycles. The van der Waals surface area contributed by atoms with Crippen molar-refractivity contribution in [3.63, 3.8) is 0 Å². The van der Waals surface area contributed by atoms with E-state index >= 15 is 0 Å².